The fourth-order valence-corrected chi connectivity index (χ4v) is 3.13. The summed E-state index contributed by atoms with van der Waals surface area (Å²) < 4.78 is 29.4. The molecule has 0 unspecified atom stereocenters. The summed E-state index contributed by atoms with van der Waals surface area (Å²) >= 11 is 0. The number of sulfone groups is 1. The van der Waals surface area contributed by atoms with E-state index in [2.05, 4.69) is 20.8 Å². The van der Waals surface area contributed by atoms with E-state index in [-0.39, 0.29) is 16.1 Å². The molecule has 1 heterocycles. The SMILES string of the molecule is CC(C)(C)c1ccc(S(=O)(=O)CC(=O)c2ccco2)cc1. The highest BCUT2D eigenvalue weighted by atomic mass is 32.2. The zero-order valence-electron chi connectivity index (χ0n) is 12.3. The lowest BCUT2D eigenvalue weighted by molar-refractivity contribution is 0.0990. The fraction of sp³-hybridized carbons (Fsp3) is 0.312. The predicted octanol–water partition coefficient (Wildman–Crippen LogP) is 3.23. The zero-order valence-corrected chi connectivity index (χ0v) is 13.1. The second-order valence-corrected chi connectivity index (χ2v) is 7.92. The van der Waals surface area contributed by atoms with Crippen LogP contribution in [-0.2, 0) is 15.3 Å². The van der Waals surface area contributed by atoms with E-state index in [1.54, 1.807) is 30.3 Å². The third-order valence-electron chi connectivity index (χ3n) is 3.20. The van der Waals surface area contributed by atoms with E-state index < -0.39 is 21.4 Å². The molecule has 112 valence electrons. The van der Waals surface area contributed by atoms with Crippen molar-refractivity contribution in [3.63, 3.8) is 0 Å². The lowest BCUT2D eigenvalue weighted by atomic mass is 9.87. The Balaban J connectivity index is 2.22. The first-order valence-electron chi connectivity index (χ1n) is 6.60. The van der Waals surface area contributed by atoms with Gasteiger partial charge in [0.15, 0.2) is 15.6 Å². The Kier molecular flexibility index (Phi) is 4.05. The first-order chi connectivity index (χ1) is 9.70. The minimum Gasteiger partial charge on any atom is -0.461 e. The van der Waals surface area contributed by atoms with Crippen molar-refractivity contribution in [3.8, 4) is 0 Å². The van der Waals surface area contributed by atoms with E-state index in [1.165, 1.54) is 12.3 Å². The first-order valence-corrected chi connectivity index (χ1v) is 8.25. The average Bonchev–Trinajstić information content (AvgIpc) is 2.91. The van der Waals surface area contributed by atoms with Gasteiger partial charge in [-0.1, -0.05) is 32.9 Å². The van der Waals surface area contributed by atoms with Crippen LogP contribution in [-0.4, -0.2) is 20.0 Å². The molecule has 0 bridgehead atoms. The van der Waals surface area contributed by atoms with Gasteiger partial charge in [-0.25, -0.2) is 8.42 Å². The quantitative estimate of drug-likeness (QED) is 0.813. The summed E-state index contributed by atoms with van der Waals surface area (Å²) in [6.45, 7) is 6.16. The average molecular weight is 306 g/mol. The Morgan fingerprint density at radius 1 is 1.10 bits per heavy atom. The maximum Gasteiger partial charge on any atom is 0.213 e. The summed E-state index contributed by atoms with van der Waals surface area (Å²) in [6, 6.07) is 9.67. The molecule has 2 rings (SSSR count). The van der Waals surface area contributed by atoms with E-state index in [4.69, 9.17) is 4.42 Å². The van der Waals surface area contributed by atoms with Gasteiger partial charge in [0, 0.05) is 0 Å². The van der Waals surface area contributed by atoms with Crippen LogP contribution in [0, 0.1) is 0 Å². The van der Waals surface area contributed by atoms with Crippen LogP contribution in [0.15, 0.2) is 52.0 Å². The van der Waals surface area contributed by atoms with Crippen molar-refractivity contribution in [2.24, 2.45) is 0 Å². The molecule has 0 saturated carbocycles. The summed E-state index contributed by atoms with van der Waals surface area (Å²) in [6.07, 6.45) is 1.35. The molecule has 0 radical (unpaired) electrons. The molecule has 0 amide bonds. The van der Waals surface area contributed by atoms with Crippen LogP contribution in [0.5, 0.6) is 0 Å². The Morgan fingerprint density at radius 3 is 2.19 bits per heavy atom. The Hall–Kier alpha value is -1.88. The summed E-state index contributed by atoms with van der Waals surface area (Å²) in [7, 11) is -3.66. The number of ketones is 1. The predicted molar refractivity (Wildman–Crippen MR) is 80.2 cm³/mol. The van der Waals surface area contributed by atoms with Crippen LogP contribution in [0.1, 0.15) is 36.9 Å². The van der Waals surface area contributed by atoms with E-state index in [0.29, 0.717) is 0 Å². The summed E-state index contributed by atoms with van der Waals surface area (Å²) in [4.78, 5) is 12.0. The Morgan fingerprint density at radius 2 is 1.71 bits per heavy atom. The van der Waals surface area contributed by atoms with Gasteiger partial charge in [-0.2, -0.15) is 0 Å². The highest BCUT2D eigenvalue weighted by molar-refractivity contribution is 7.92. The lowest BCUT2D eigenvalue weighted by Crippen LogP contribution is -2.16. The van der Waals surface area contributed by atoms with E-state index in [0.717, 1.165) is 5.56 Å². The van der Waals surface area contributed by atoms with E-state index >= 15 is 0 Å². The smallest absolute Gasteiger partial charge is 0.213 e. The van der Waals surface area contributed by atoms with Crippen LogP contribution < -0.4 is 0 Å². The normalized spacial score (nSPS) is 12.3. The van der Waals surface area contributed by atoms with Crippen LogP contribution in [0.25, 0.3) is 0 Å². The summed E-state index contributed by atoms with van der Waals surface area (Å²) in [5.41, 5.74) is 0.991. The number of furan rings is 1. The van der Waals surface area contributed by atoms with Gasteiger partial charge >= 0.3 is 0 Å². The minimum atomic E-state index is -3.66. The second-order valence-electron chi connectivity index (χ2n) is 5.93. The monoisotopic (exact) mass is 306 g/mol. The van der Waals surface area contributed by atoms with Crippen molar-refractivity contribution < 1.29 is 17.6 Å². The number of hydrogen-bond acceptors (Lipinski definition) is 4. The largest absolute Gasteiger partial charge is 0.461 e. The van der Waals surface area contributed by atoms with Gasteiger partial charge in [-0.05, 0) is 35.2 Å². The molecule has 5 heteroatoms. The van der Waals surface area contributed by atoms with Crippen molar-refractivity contribution in [1.82, 2.24) is 0 Å². The van der Waals surface area contributed by atoms with Gasteiger partial charge in [0.25, 0.3) is 0 Å². The van der Waals surface area contributed by atoms with Crippen molar-refractivity contribution in [3.05, 3.63) is 54.0 Å². The molecule has 0 fully saturated rings. The first kappa shape index (κ1) is 15.5. The minimum absolute atomic E-state index is 0.0493. The molecule has 0 atom stereocenters. The second kappa shape index (κ2) is 5.48. The van der Waals surface area contributed by atoms with E-state index in [1.807, 2.05) is 0 Å². The molecule has 0 saturated heterocycles. The zero-order chi connectivity index (χ0) is 15.7. The van der Waals surface area contributed by atoms with Gasteiger partial charge in [0.2, 0.25) is 5.78 Å². The maximum atomic E-state index is 12.2. The number of Topliss-reactive ketones (excluding diaryl/α,β-unsaturated/α-hetero) is 1. The van der Waals surface area contributed by atoms with E-state index in [9.17, 15) is 13.2 Å². The van der Waals surface area contributed by atoms with Gasteiger partial charge in [0.1, 0.15) is 5.75 Å². The molecule has 0 aliphatic heterocycles. The van der Waals surface area contributed by atoms with Crippen LogP contribution >= 0.6 is 0 Å². The lowest BCUT2D eigenvalue weighted by Gasteiger charge is -2.19. The van der Waals surface area contributed by atoms with Crippen LogP contribution in [0.3, 0.4) is 0 Å². The number of carbonyl (C=O) groups is 1. The topological polar surface area (TPSA) is 64.3 Å². The summed E-state index contributed by atoms with van der Waals surface area (Å²) in [5, 5.41) is 0. The highest BCUT2D eigenvalue weighted by Crippen LogP contribution is 2.24. The van der Waals surface area contributed by atoms with Crippen molar-refractivity contribution in [2.45, 2.75) is 31.1 Å². The molecular weight excluding hydrogens is 288 g/mol. The summed E-state index contributed by atoms with van der Waals surface area (Å²) in [5.74, 6) is -1.07. The molecule has 0 aliphatic rings. The molecule has 1 aromatic carbocycles. The Labute approximate surface area is 124 Å². The maximum absolute atomic E-state index is 12.2. The molecule has 0 spiro atoms. The standard InChI is InChI=1S/C16H18O4S/c1-16(2,3)12-6-8-13(9-7-12)21(18,19)11-14(17)15-5-4-10-20-15/h4-10H,11H2,1-3H3. The Bertz CT molecular complexity index is 718. The van der Waals surface area contributed by atoms with Crippen LogP contribution in [0.2, 0.25) is 0 Å². The number of hydrogen-bond donors (Lipinski definition) is 0. The van der Waals surface area contributed by atoms with Crippen molar-refractivity contribution in [2.75, 3.05) is 5.75 Å². The van der Waals surface area contributed by atoms with Gasteiger partial charge in [0.05, 0.1) is 11.2 Å². The molecule has 2 aromatic rings. The third kappa shape index (κ3) is 3.61. The fourth-order valence-electron chi connectivity index (χ4n) is 1.93. The number of benzene rings is 1. The van der Waals surface area contributed by atoms with Gasteiger partial charge in [-0.15, -0.1) is 0 Å². The molecule has 0 N–H and O–H groups in total. The molecular formula is C16H18O4S. The van der Waals surface area contributed by atoms with Crippen LogP contribution in [0.4, 0.5) is 0 Å². The molecule has 1 aromatic heterocycles. The van der Waals surface area contributed by atoms with Crippen molar-refractivity contribution >= 4 is 15.6 Å². The van der Waals surface area contributed by atoms with Gasteiger partial charge in [-0.3, -0.25) is 4.79 Å². The molecule has 4 nitrogen and oxygen atoms in total. The van der Waals surface area contributed by atoms with Crippen molar-refractivity contribution in [1.29, 1.82) is 0 Å². The molecule has 21 heavy (non-hydrogen) atoms. The number of carbonyl (C=O) groups excluding carboxylic acids is 1. The van der Waals surface area contributed by atoms with Gasteiger partial charge < -0.3 is 4.42 Å². The highest BCUT2D eigenvalue weighted by Gasteiger charge is 2.22. The molecule has 0 aliphatic carbocycles. The third-order valence-corrected chi connectivity index (χ3v) is 4.83. The number of rotatable bonds is 4.